The van der Waals surface area contributed by atoms with E-state index in [1.165, 1.54) is 28.7 Å². The molecular formula is C25H24ClN3O3S. The Labute approximate surface area is 201 Å². The molecule has 2 heterocycles. The Kier molecular flexibility index (Phi) is 7.44. The molecule has 0 spiro atoms. The number of aromatic nitrogens is 1. The number of fused-ring (bicyclic) bond motifs is 1. The zero-order valence-corrected chi connectivity index (χ0v) is 19.5. The number of amides is 1. The van der Waals surface area contributed by atoms with Crippen LogP contribution in [0.25, 0.3) is 10.1 Å². The molecule has 170 valence electrons. The maximum absolute atomic E-state index is 12.4. The summed E-state index contributed by atoms with van der Waals surface area (Å²) in [6.07, 6.45) is 3.28. The van der Waals surface area contributed by atoms with E-state index >= 15 is 0 Å². The molecule has 0 radical (unpaired) electrons. The highest BCUT2D eigenvalue weighted by Crippen LogP contribution is 2.33. The van der Waals surface area contributed by atoms with Crippen LogP contribution in [0.2, 0.25) is 5.02 Å². The molecule has 0 atom stereocenters. The number of thiophene rings is 1. The SMILES string of the molecule is Nc1ncc(C(=O)NCCO)c2scc(COc3cccc(CCc4ccc(Cl)cc4)c3)c12. The fraction of sp³-hybridized carbons (Fsp3) is 0.200. The van der Waals surface area contributed by atoms with Crippen LogP contribution >= 0.6 is 22.9 Å². The summed E-state index contributed by atoms with van der Waals surface area (Å²) in [6.45, 7) is 0.369. The van der Waals surface area contributed by atoms with Gasteiger partial charge in [0.1, 0.15) is 18.2 Å². The number of nitrogen functional groups attached to an aromatic ring is 1. The lowest BCUT2D eigenvalue weighted by atomic mass is 10.0. The molecule has 0 aliphatic rings. The van der Waals surface area contributed by atoms with E-state index in [0.717, 1.165) is 39.3 Å². The topological polar surface area (TPSA) is 97.5 Å². The average Bonchev–Trinajstić information content (AvgIpc) is 3.26. The predicted octanol–water partition coefficient (Wildman–Crippen LogP) is 4.62. The number of hydrogen-bond donors (Lipinski definition) is 3. The Balaban J connectivity index is 1.45. The van der Waals surface area contributed by atoms with Crippen LogP contribution in [0.5, 0.6) is 5.75 Å². The molecule has 8 heteroatoms. The number of nitrogens with zero attached hydrogens (tertiary/aromatic N) is 1. The van der Waals surface area contributed by atoms with Crippen LogP contribution in [-0.4, -0.2) is 29.1 Å². The number of anilines is 1. The number of halogens is 1. The number of ether oxygens (including phenoxy) is 1. The van der Waals surface area contributed by atoms with Crippen molar-refractivity contribution >= 4 is 44.7 Å². The molecule has 4 aromatic rings. The van der Waals surface area contributed by atoms with E-state index in [4.69, 9.17) is 27.2 Å². The first kappa shape index (κ1) is 23.0. The minimum absolute atomic E-state index is 0.125. The summed E-state index contributed by atoms with van der Waals surface area (Å²) in [5.74, 6) is 0.843. The lowest BCUT2D eigenvalue weighted by Gasteiger charge is -2.09. The Hall–Kier alpha value is -3.13. The van der Waals surface area contributed by atoms with E-state index in [2.05, 4.69) is 16.4 Å². The van der Waals surface area contributed by atoms with Crippen LogP contribution in [0.1, 0.15) is 27.0 Å². The smallest absolute Gasteiger partial charge is 0.254 e. The first-order valence-electron chi connectivity index (χ1n) is 10.5. The lowest BCUT2D eigenvalue weighted by Crippen LogP contribution is -2.26. The number of aryl methyl sites for hydroxylation is 2. The Bertz CT molecular complexity index is 1260. The van der Waals surface area contributed by atoms with Crippen LogP contribution in [0.3, 0.4) is 0 Å². The molecule has 0 unspecified atom stereocenters. The zero-order valence-electron chi connectivity index (χ0n) is 17.9. The van der Waals surface area contributed by atoms with Crippen molar-refractivity contribution in [2.75, 3.05) is 18.9 Å². The zero-order chi connectivity index (χ0) is 23.2. The van der Waals surface area contributed by atoms with Crippen LogP contribution in [0, 0.1) is 0 Å². The van der Waals surface area contributed by atoms with Gasteiger partial charge in [-0.2, -0.15) is 0 Å². The number of nitrogens with two attached hydrogens (primary N) is 1. The van der Waals surface area contributed by atoms with Crippen molar-refractivity contribution in [2.45, 2.75) is 19.4 Å². The fourth-order valence-electron chi connectivity index (χ4n) is 3.55. The van der Waals surface area contributed by atoms with Gasteiger partial charge >= 0.3 is 0 Å². The van der Waals surface area contributed by atoms with Gasteiger partial charge in [0, 0.05) is 28.7 Å². The number of rotatable bonds is 9. The van der Waals surface area contributed by atoms with Crippen LogP contribution < -0.4 is 15.8 Å². The molecule has 0 aliphatic carbocycles. The van der Waals surface area contributed by atoms with Gasteiger partial charge in [0.05, 0.1) is 16.9 Å². The van der Waals surface area contributed by atoms with Crippen molar-refractivity contribution in [3.05, 3.63) is 87.4 Å². The Morgan fingerprint density at radius 1 is 1.15 bits per heavy atom. The van der Waals surface area contributed by atoms with Gasteiger partial charge in [-0.05, 0) is 53.6 Å². The van der Waals surface area contributed by atoms with Crippen LogP contribution in [0.15, 0.2) is 60.1 Å². The van der Waals surface area contributed by atoms with Gasteiger partial charge in [-0.1, -0.05) is 35.9 Å². The largest absolute Gasteiger partial charge is 0.489 e. The second-order valence-electron chi connectivity index (χ2n) is 7.56. The molecule has 33 heavy (non-hydrogen) atoms. The number of aliphatic hydroxyl groups is 1. The van der Waals surface area contributed by atoms with Crippen molar-refractivity contribution in [1.29, 1.82) is 0 Å². The molecule has 4 N–H and O–H groups in total. The highest BCUT2D eigenvalue weighted by Gasteiger charge is 2.17. The first-order chi connectivity index (χ1) is 16.0. The van der Waals surface area contributed by atoms with E-state index in [9.17, 15) is 4.79 Å². The summed E-state index contributed by atoms with van der Waals surface area (Å²) in [7, 11) is 0. The van der Waals surface area contributed by atoms with E-state index in [-0.39, 0.29) is 19.1 Å². The van der Waals surface area contributed by atoms with Gasteiger partial charge in [-0.3, -0.25) is 4.79 Å². The van der Waals surface area contributed by atoms with Gasteiger partial charge in [0.2, 0.25) is 0 Å². The number of pyridine rings is 1. The molecule has 0 saturated carbocycles. The third-order valence-electron chi connectivity index (χ3n) is 5.25. The summed E-state index contributed by atoms with van der Waals surface area (Å²) >= 11 is 7.39. The molecular weight excluding hydrogens is 458 g/mol. The van der Waals surface area contributed by atoms with Gasteiger partial charge in [0.25, 0.3) is 5.91 Å². The molecule has 4 rings (SSSR count). The second kappa shape index (κ2) is 10.7. The quantitative estimate of drug-likeness (QED) is 0.324. The van der Waals surface area contributed by atoms with Crippen LogP contribution in [-0.2, 0) is 19.4 Å². The van der Waals surface area contributed by atoms with E-state index in [1.54, 1.807) is 0 Å². The predicted molar refractivity (Wildman–Crippen MR) is 133 cm³/mol. The number of carbonyl (C=O) groups excluding carboxylic acids is 1. The standard InChI is InChI=1S/C25H24ClN3O3S/c26-19-8-6-16(7-9-19)4-5-17-2-1-3-20(12-17)32-14-18-15-33-23-21(25(31)28-10-11-30)13-29-24(27)22(18)23/h1-3,6-9,12-13,15,30H,4-5,10-11,14H2,(H2,27,29)(H,28,31). The number of aliphatic hydroxyl groups excluding tert-OH is 1. The summed E-state index contributed by atoms with van der Waals surface area (Å²) in [5, 5.41) is 15.0. The van der Waals surface area contributed by atoms with Gasteiger partial charge in [-0.15, -0.1) is 11.3 Å². The Morgan fingerprint density at radius 2 is 1.94 bits per heavy atom. The van der Waals surface area contributed by atoms with Gasteiger partial charge in [-0.25, -0.2) is 4.98 Å². The third kappa shape index (κ3) is 5.63. The van der Waals surface area contributed by atoms with Crippen molar-refractivity contribution in [1.82, 2.24) is 10.3 Å². The normalized spacial score (nSPS) is 11.0. The highest BCUT2D eigenvalue weighted by atomic mass is 35.5. The summed E-state index contributed by atoms with van der Waals surface area (Å²) in [6, 6.07) is 15.9. The van der Waals surface area contributed by atoms with Crippen molar-refractivity contribution < 1.29 is 14.6 Å². The maximum atomic E-state index is 12.4. The Morgan fingerprint density at radius 3 is 2.73 bits per heavy atom. The molecule has 0 fully saturated rings. The van der Waals surface area contributed by atoms with E-state index in [1.807, 2.05) is 47.8 Å². The average molecular weight is 482 g/mol. The molecule has 1 amide bonds. The van der Waals surface area contributed by atoms with Crippen molar-refractivity contribution in [3.63, 3.8) is 0 Å². The van der Waals surface area contributed by atoms with E-state index < -0.39 is 0 Å². The van der Waals surface area contributed by atoms with Gasteiger partial charge in [0.15, 0.2) is 0 Å². The third-order valence-corrected chi connectivity index (χ3v) is 6.57. The summed E-state index contributed by atoms with van der Waals surface area (Å²) in [4.78, 5) is 16.6. The van der Waals surface area contributed by atoms with Gasteiger partial charge < -0.3 is 20.9 Å². The number of carbonyl (C=O) groups is 1. The molecule has 0 aliphatic heterocycles. The summed E-state index contributed by atoms with van der Waals surface area (Å²) in [5.41, 5.74) is 9.86. The van der Waals surface area contributed by atoms with Crippen molar-refractivity contribution in [2.24, 2.45) is 0 Å². The fourth-order valence-corrected chi connectivity index (χ4v) is 4.75. The number of hydrogen-bond acceptors (Lipinski definition) is 6. The monoisotopic (exact) mass is 481 g/mol. The van der Waals surface area contributed by atoms with Crippen molar-refractivity contribution in [3.8, 4) is 5.75 Å². The molecule has 0 bridgehead atoms. The molecule has 6 nitrogen and oxygen atoms in total. The molecule has 0 saturated heterocycles. The minimum atomic E-state index is -0.288. The molecule has 2 aromatic carbocycles. The molecule has 2 aromatic heterocycles. The van der Waals surface area contributed by atoms with Crippen LogP contribution in [0.4, 0.5) is 5.82 Å². The second-order valence-corrected chi connectivity index (χ2v) is 8.88. The highest BCUT2D eigenvalue weighted by molar-refractivity contribution is 7.17. The maximum Gasteiger partial charge on any atom is 0.254 e. The lowest BCUT2D eigenvalue weighted by molar-refractivity contribution is 0.0946. The minimum Gasteiger partial charge on any atom is -0.489 e. The summed E-state index contributed by atoms with van der Waals surface area (Å²) < 4.78 is 6.82. The number of benzene rings is 2. The van der Waals surface area contributed by atoms with E-state index in [0.29, 0.717) is 18.0 Å². The number of nitrogens with one attached hydrogen (secondary N) is 1. The first-order valence-corrected chi connectivity index (χ1v) is 11.8.